The van der Waals surface area contributed by atoms with Crippen LogP contribution < -0.4 is 4.72 Å². The first-order valence-electron chi connectivity index (χ1n) is 9.66. The Balaban J connectivity index is 1.53. The van der Waals surface area contributed by atoms with Crippen LogP contribution in [-0.2, 0) is 10.0 Å². The van der Waals surface area contributed by atoms with E-state index in [2.05, 4.69) is 36.2 Å². The van der Waals surface area contributed by atoms with Gasteiger partial charge in [0.2, 0.25) is 10.0 Å². The lowest BCUT2D eigenvalue weighted by Gasteiger charge is -2.16. The number of hydrogen-bond donors (Lipinski definition) is 2. The number of H-pyrrole nitrogens is 1. The molecule has 8 nitrogen and oxygen atoms in total. The van der Waals surface area contributed by atoms with Gasteiger partial charge < -0.3 is 4.98 Å². The zero-order chi connectivity index (χ0) is 18.8. The number of aryl methyl sites for hydroxylation is 1. The summed E-state index contributed by atoms with van der Waals surface area (Å²) in [6.45, 7) is 4.21. The molecular weight excluding hydrogens is 364 g/mol. The van der Waals surface area contributed by atoms with Crippen molar-refractivity contribution in [2.24, 2.45) is 5.92 Å². The van der Waals surface area contributed by atoms with E-state index in [0.29, 0.717) is 5.92 Å². The van der Waals surface area contributed by atoms with E-state index in [-0.39, 0.29) is 17.2 Å². The van der Waals surface area contributed by atoms with E-state index in [0.717, 1.165) is 60.3 Å². The molecule has 2 aliphatic carbocycles. The van der Waals surface area contributed by atoms with Crippen molar-refractivity contribution in [1.29, 1.82) is 0 Å². The average Bonchev–Trinajstić information content (AvgIpc) is 3.17. The summed E-state index contributed by atoms with van der Waals surface area (Å²) in [6, 6.07) is -0.0254. The predicted molar refractivity (Wildman–Crippen MR) is 102 cm³/mol. The van der Waals surface area contributed by atoms with Gasteiger partial charge in [0.15, 0.2) is 11.3 Å². The molecule has 3 unspecified atom stereocenters. The van der Waals surface area contributed by atoms with Crippen molar-refractivity contribution in [3.05, 3.63) is 23.8 Å². The smallest absolute Gasteiger partial charge is 0.214 e. The summed E-state index contributed by atoms with van der Waals surface area (Å²) in [5, 5.41) is 8.66. The van der Waals surface area contributed by atoms with E-state index in [4.69, 9.17) is 0 Å². The number of fused-ring (bicyclic) bond motifs is 3. The number of aromatic amines is 1. The molecule has 3 aromatic heterocycles. The second-order valence-corrected chi connectivity index (χ2v) is 9.98. The van der Waals surface area contributed by atoms with Gasteiger partial charge in [-0.3, -0.25) is 4.40 Å². The molecule has 0 saturated heterocycles. The van der Waals surface area contributed by atoms with Crippen LogP contribution in [0, 0.1) is 12.8 Å². The Morgan fingerprint density at radius 3 is 2.85 bits per heavy atom. The summed E-state index contributed by atoms with van der Waals surface area (Å²) < 4.78 is 29.8. The van der Waals surface area contributed by atoms with Gasteiger partial charge >= 0.3 is 0 Å². The van der Waals surface area contributed by atoms with Crippen LogP contribution >= 0.6 is 0 Å². The van der Waals surface area contributed by atoms with Gasteiger partial charge in [0.25, 0.3) is 0 Å². The van der Waals surface area contributed by atoms with Crippen molar-refractivity contribution in [3.8, 4) is 0 Å². The van der Waals surface area contributed by atoms with Crippen LogP contribution in [0.15, 0.2) is 12.4 Å². The molecule has 2 N–H and O–H groups in total. The number of rotatable bonds is 5. The molecule has 2 fully saturated rings. The van der Waals surface area contributed by atoms with Gasteiger partial charge in [0, 0.05) is 18.2 Å². The van der Waals surface area contributed by atoms with Crippen LogP contribution in [0.2, 0.25) is 0 Å². The third-order valence-electron chi connectivity index (χ3n) is 6.11. The first kappa shape index (κ1) is 17.1. The largest absolute Gasteiger partial charge is 0.345 e. The van der Waals surface area contributed by atoms with Crippen LogP contribution in [-0.4, -0.2) is 44.3 Å². The summed E-state index contributed by atoms with van der Waals surface area (Å²) in [6.07, 6.45) is 7.85. The fourth-order valence-corrected chi connectivity index (χ4v) is 6.17. The maximum Gasteiger partial charge on any atom is 0.214 e. The highest BCUT2D eigenvalue weighted by molar-refractivity contribution is 7.90. The van der Waals surface area contributed by atoms with E-state index in [1.807, 2.05) is 13.1 Å². The highest BCUT2D eigenvalue weighted by atomic mass is 32.2. The number of aromatic nitrogens is 5. The Hall–Kier alpha value is -2.00. The lowest BCUT2D eigenvalue weighted by molar-refractivity contribution is 0.449. The monoisotopic (exact) mass is 388 g/mol. The summed E-state index contributed by atoms with van der Waals surface area (Å²) in [7, 11) is -3.18. The molecule has 9 heteroatoms. The van der Waals surface area contributed by atoms with Crippen LogP contribution in [0.5, 0.6) is 0 Å². The van der Waals surface area contributed by atoms with Gasteiger partial charge in [-0.1, -0.05) is 13.3 Å². The van der Waals surface area contributed by atoms with Crippen molar-refractivity contribution >= 4 is 26.8 Å². The van der Waals surface area contributed by atoms with Crippen molar-refractivity contribution in [3.63, 3.8) is 0 Å². The summed E-state index contributed by atoms with van der Waals surface area (Å²) in [4.78, 5) is 7.62. The molecule has 3 heterocycles. The molecule has 2 saturated carbocycles. The van der Waals surface area contributed by atoms with Crippen molar-refractivity contribution in [2.75, 3.05) is 0 Å². The van der Waals surface area contributed by atoms with Crippen molar-refractivity contribution in [1.82, 2.24) is 29.3 Å². The lowest BCUT2D eigenvalue weighted by Crippen LogP contribution is -2.35. The molecule has 5 rings (SSSR count). The predicted octanol–water partition coefficient (Wildman–Crippen LogP) is 2.27. The zero-order valence-corrected chi connectivity index (χ0v) is 16.3. The summed E-state index contributed by atoms with van der Waals surface area (Å²) in [5.74, 6) is 1.48. The van der Waals surface area contributed by atoms with Gasteiger partial charge in [-0.05, 0) is 44.1 Å². The third kappa shape index (κ3) is 2.75. The Morgan fingerprint density at radius 2 is 2.11 bits per heavy atom. The molecule has 0 aliphatic heterocycles. The van der Waals surface area contributed by atoms with Crippen molar-refractivity contribution < 1.29 is 8.42 Å². The second kappa shape index (κ2) is 6.00. The quantitative estimate of drug-likeness (QED) is 0.697. The standard InChI is InChI=1S/C18H24N6O2S/c1-3-11-6-12(23-27(25,26)13-4-5-13)7-14(11)18-22-21-15-9-20-17-16(24(15)18)10(2)8-19-17/h8-9,11-14,19,23H,3-7H2,1-2H3. The van der Waals surface area contributed by atoms with Crippen molar-refractivity contribution in [2.45, 2.75) is 63.2 Å². The lowest BCUT2D eigenvalue weighted by atomic mass is 9.93. The number of nitrogens with zero attached hydrogens (tertiary/aromatic N) is 4. The zero-order valence-electron chi connectivity index (χ0n) is 15.5. The molecule has 144 valence electrons. The molecule has 2 aliphatic rings. The minimum Gasteiger partial charge on any atom is -0.345 e. The molecule has 0 aromatic carbocycles. The second-order valence-electron chi connectivity index (χ2n) is 7.98. The highest BCUT2D eigenvalue weighted by Crippen LogP contribution is 2.42. The number of hydrogen-bond acceptors (Lipinski definition) is 5. The van der Waals surface area contributed by atoms with Gasteiger partial charge in [-0.15, -0.1) is 10.2 Å². The Morgan fingerprint density at radius 1 is 1.30 bits per heavy atom. The molecule has 3 atom stereocenters. The summed E-state index contributed by atoms with van der Waals surface area (Å²) in [5.41, 5.74) is 3.65. The molecule has 0 bridgehead atoms. The normalized spacial score (nSPS) is 26.4. The number of sulfonamides is 1. The molecule has 3 aromatic rings. The average molecular weight is 388 g/mol. The van der Waals surface area contributed by atoms with E-state index in [1.165, 1.54) is 0 Å². The minimum absolute atomic E-state index is 0.0254. The first-order chi connectivity index (χ1) is 13.0. The fraction of sp³-hybridized carbons (Fsp3) is 0.611. The fourth-order valence-electron chi connectivity index (χ4n) is 4.56. The Kier molecular flexibility index (Phi) is 3.80. The highest BCUT2D eigenvalue weighted by Gasteiger charge is 2.42. The topological polar surface area (TPSA) is 105 Å². The van der Waals surface area contributed by atoms with Crippen LogP contribution in [0.1, 0.15) is 56.3 Å². The maximum absolute atomic E-state index is 12.4. The first-order valence-corrected chi connectivity index (χ1v) is 11.2. The SMILES string of the molecule is CCC1CC(NS(=O)(=O)C2CC2)CC1c1nnc2cnc3[nH]cc(C)c3n12. The van der Waals surface area contributed by atoms with E-state index in [1.54, 1.807) is 6.20 Å². The molecular formula is C18H24N6O2S. The molecule has 0 amide bonds. The van der Waals surface area contributed by atoms with Gasteiger partial charge in [-0.25, -0.2) is 18.1 Å². The molecule has 0 radical (unpaired) electrons. The van der Waals surface area contributed by atoms with Crippen LogP contribution in [0.4, 0.5) is 0 Å². The van der Waals surface area contributed by atoms with Crippen LogP contribution in [0.3, 0.4) is 0 Å². The molecule has 27 heavy (non-hydrogen) atoms. The Labute approximate surface area is 157 Å². The van der Waals surface area contributed by atoms with Crippen LogP contribution in [0.25, 0.3) is 16.8 Å². The molecule has 0 spiro atoms. The minimum atomic E-state index is -3.18. The van der Waals surface area contributed by atoms with E-state index < -0.39 is 10.0 Å². The van der Waals surface area contributed by atoms with Gasteiger partial charge in [0.1, 0.15) is 5.82 Å². The van der Waals surface area contributed by atoms with Gasteiger partial charge in [-0.2, -0.15) is 0 Å². The van der Waals surface area contributed by atoms with E-state index in [9.17, 15) is 8.42 Å². The maximum atomic E-state index is 12.4. The Bertz CT molecular complexity index is 1110. The van der Waals surface area contributed by atoms with E-state index >= 15 is 0 Å². The van der Waals surface area contributed by atoms with Gasteiger partial charge in [0.05, 0.1) is 17.0 Å². The third-order valence-corrected chi connectivity index (χ3v) is 8.12. The summed E-state index contributed by atoms with van der Waals surface area (Å²) >= 11 is 0. The number of nitrogens with one attached hydrogen (secondary N) is 2.